The maximum atomic E-state index is 13.7. The van der Waals surface area contributed by atoms with E-state index >= 15 is 0 Å². The molecule has 2 N–H and O–H groups in total. The fourth-order valence-electron chi connectivity index (χ4n) is 2.24. The Balaban J connectivity index is 1.83. The molecule has 0 fully saturated rings. The van der Waals surface area contributed by atoms with Crippen molar-refractivity contribution in [2.45, 2.75) is 0 Å². The Morgan fingerprint density at radius 3 is 2.59 bits per heavy atom. The summed E-state index contributed by atoms with van der Waals surface area (Å²) in [6.45, 7) is 0. The largest absolute Gasteiger partial charge is 0.495 e. The maximum absolute atomic E-state index is 13.7. The number of carbonyl (C=O) groups excluding carboxylic acids is 1. The minimum Gasteiger partial charge on any atom is -0.495 e. The number of ether oxygens (including phenoxy) is 1. The molecule has 0 atom stereocenters. The van der Waals surface area contributed by atoms with Gasteiger partial charge in [0.05, 0.1) is 12.8 Å². The van der Waals surface area contributed by atoms with Crippen LogP contribution in [-0.2, 0) is 0 Å². The van der Waals surface area contributed by atoms with Gasteiger partial charge in [-0.3, -0.25) is 4.79 Å². The standard InChI is InChI=1S/C18H13ClF2N4O2/c1-27-15-6-5-10(19)9-14(15)24-18-22-8-7-13(23-18)17(26)25-16-11(20)3-2-4-12(16)21/h2-9H,1H3,(H,25,26)(H,22,23,24). The predicted octanol–water partition coefficient (Wildman–Crippen LogP) is 4.41. The lowest BCUT2D eigenvalue weighted by Gasteiger charge is -2.11. The molecule has 9 heteroatoms. The van der Waals surface area contributed by atoms with Crippen LogP contribution in [0.3, 0.4) is 0 Å². The first-order valence-electron chi connectivity index (χ1n) is 7.67. The fourth-order valence-corrected chi connectivity index (χ4v) is 2.41. The number of benzene rings is 2. The lowest BCUT2D eigenvalue weighted by Crippen LogP contribution is -2.16. The molecule has 0 bridgehead atoms. The Labute approximate surface area is 158 Å². The highest BCUT2D eigenvalue weighted by Gasteiger charge is 2.15. The molecule has 0 saturated heterocycles. The zero-order valence-electron chi connectivity index (χ0n) is 14.0. The number of aromatic nitrogens is 2. The van der Waals surface area contributed by atoms with Crippen LogP contribution in [0.1, 0.15) is 10.5 Å². The van der Waals surface area contributed by atoms with E-state index < -0.39 is 23.2 Å². The summed E-state index contributed by atoms with van der Waals surface area (Å²) < 4.78 is 32.6. The Kier molecular flexibility index (Phi) is 5.46. The van der Waals surface area contributed by atoms with Gasteiger partial charge in [0.1, 0.15) is 28.8 Å². The van der Waals surface area contributed by atoms with Crippen LogP contribution in [0, 0.1) is 11.6 Å². The van der Waals surface area contributed by atoms with Crippen LogP contribution in [0.25, 0.3) is 0 Å². The second-order valence-electron chi connectivity index (χ2n) is 5.29. The lowest BCUT2D eigenvalue weighted by molar-refractivity contribution is 0.102. The number of halogens is 3. The third kappa shape index (κ3) is 4.29. The highest BCUT2D eigenvalue weighted by molar-refractivity contribution is 6.31. The number of hydrogen-bond donors (Lipinski definition) is 2. The van der Waals surface area contributed by atoms with E-state index in [1.165, 1.54) is 25.4 Å². The van der Waals surface area contributed by atoms with Crippen molar-refractivity contribution in [3.63, 3.8) is 0 Å². The van der Waals surface area contributed by atoms with Crippen molar-refractivity contribution in [2.75, 3.05) is 17.7 Å². The first kappa shape index (κ1) is 18.5. The molecule has 27 heavy (non-hydrogen) atoms. The Morgan fingerprint density at radius 1 is 1.15 bits per heavy atom. The molecular formula is C18H13ClF2N4O2. The molecule has 0 aliphatic heterocycles. The quantitative estimate of drug-likeness (QED) is 0.674. The van der Waals surface area contributed by atoms with Crippen molar-refractivity contribution in [1.29, 1.82) is 0 Å². The molecule has 0 radical (unpaired) electrons. The van der Waals surface area contributed by atoms with E-state index in [9.17, 15) is 13.6 Å². The number of carbonyl (C=O) groups is 1. The highest BCUT2D eigenvalue weighted by Crippen LogP contribution is 2.29. The first-order chi connectivity index (χ1) is 13.0. The number of nitrogens with zero attached hydrogens (tertiary/aromatic N) is 2. The van der Waals surface area contributed by atoms with Crippen LogP contribution in [0.15, 0.2) is 48.7 Å². The number of methoxy groups -OCH3 is 1. The second-order valence-corrected chi connectivity index (χ2v) is 5.72. The second kappa shape index (κ2) is 7.96. The summed E-state index contributed by atoms with van der Waals surface area (Å²) in [7, 11) is 1.49. The van der Waals surface area contributed by atoms with Crippen molar-refractivity contribution in [1.82, 2.24) is 9.97 Å². The molecule has 0 aliphatic carbocycles. The van der Waals surface area contributed by atoms with E-state index in [2.05, 4.69) is 20.6 Å². The minimum atomic E-state index is -0.889. The Bertz CT molecular complexity index is 981. The third-order valence-corrected chi connectivity index (χ3v) is 3.73. The Hall–Kier alpha value is -3.26. The number of amides is 1. The van der Waals surface area contributed by atoms with Crippen LogP contribution in [0.5, 0.6) is 5.75 Å². The molecule has 1 heterocycles. The molecule has 3 aromatic rings. The molecule has 0 saturated carbocycles. The molecule has 138 valence electrons. The van der Waals surface area contributed by atoms with E-state index in [-0.39, 0.29) is 11.6 Å². The summed E-state index contributed by atoms with van der Waals surface area (Å²) in [4.78, 5) is 20.4. The summed E-state index contributed by atoms with van der Waals surface area (Å²) in [5, 5.41) is 5.51. The molecule has 1 aromatic heterocycles. The van der Waals surface area contributed by atoms with Gasteiger partial charge in [-0.25, -0.2) is 18.7 Å². The van der Waals surface area contributed by atoms with Gasteiger partial charge in [-0.15, -0.1) is 0 Å². The van der Waals surface area contributed by atoms with Gasteiger partial charge in [-0.2, -0.15) is 0 Å². The number of para-hydroxylation sites is 1. The van der Waals surface area contributed by atoms with Gasteiger partial charge in [-0.1, -0.05) is 17.7 Å². The zero-order chi connectivity index (χ0) is 19.4. The SMILES string of the molecule is COc1ccc(Cl)cc1Nc1nccc(C(=O)Nc2c(F)cccc2F)n1. The van der Waals surface area contributed by atoms with E-state index in [1.807, 2.05) is 0 Å². The molecule has 3 rings (SSSR count). The minimum absolute atomic E-state index is 0.0808. The van der Waals surface area contributed by atoms with Gasteiger partial charge in [-0.05, 0) is 36.4 Å². The third-order valence-electron chi connectivity index (χ3n) is 3.50. The van der Waals surface area contributed by atoms with Crippen LogP contribution in [0.4, 0.5) is 26.1 Å². The van der Waals surface area contributed by atoms with E-state index in [0.717, 1.165) is 12.1 Å². The van der Waals surface area contributed by atoms with Gasteiger partial charge in [0.15, 0.2) is 0 Å². The smallest absolute Gasteiger partial charge is 0.274 e. The summed E-state index contributed by atoms with van der Waals surface area (Å²) in [6.07, 6.45) is 1.33. The van der Waals surface area contributed by atoms with E-state index in [4.69, 9.17) is 16.3 Å². The normalized spacial score (nSPS) is 10.4. The van der Waals surface area contributed by atoms with Crippen molar-refractivity contribution in [2.24, 2.45) is 0 Å². The summed E-state index contributed by atoms with van der Waals surface area (Å²) >= 11 is 5.97. The summed E-state index contributed by atoms with van der Waals surface area (Å²) in [5.74, 6) is -2.00. The number of nitrogens with one attached hydrogen (secondary N) is 2. The molecule has 0 spiro atoms. The van der Waals surface area contributed by atoms with Crippen molar-refractivity contribution >= 4 is 34.8 Å². The number of hydrogen-bond acceptors (Lipinski definition) is 5. The van der Waals surface area contributed by atoms with Crippen molar-refractivity contribution in [3.05, 3.63) is 71.0 Å². The predicted molar refractivity (Wildman–Crippen MR) is 97.6 cm³/mol. The van der Waals surface area contributed by atoms with Crippen molar-refractivity contribution in [3.8, 4) is 5.75 Å². The maximum Gasteiger partial charge on any atom is 0.274 e. The number of anilines is 3. The van der Waals surface area contributed by atoms with Gasteiger partial charge in [0, 0.05) is 11.2 Å². The first-order valence-corrected chi connectivity index (χ1v) is 8.04. The number of rotatable bonds is 5. The van der Waals surface area contributed by atoms with Gasteiger partial charge in [0.25, 0.3) is 5.91 Å². The fraction of sp³-hybridized carbons (Fsp3) is 0.0556. The Morgan fingerprint density at radius 2 is 1.89 bits per heavy atom. The van der Waals surface area contributed by atoms with E-state index in [0.29, 0.717) is 16.5 Å². The average molecular weight is 391 g/mol. The molecular weight excluding hydrogens is 378 g/mol. The highest BCUT2D eigenvalue weighted by atomic mass is 35.5. The lowest BCUT2D eigenvalue weighted by atomic mass is 10.2. The van der Waals surface area contributed by atoms with Gasteiger partial charge in [0.2, 0.25) is 5.95 Å². The van der Waals surface area contributed by atoms with Crippen LogP contribution in [0.2, 0.25) is 5.02 Å². The van der Waals surface area contributed by atoms with Gasteiger partial charge < -0.3 is 15.4 Å². The summed E-state index contributed by atoms with van der Waals surface area (Å²) in [6, 6.07) is 9.50. The molecule has 0 aliphatic rings. The molecule has 1 amide bonds. The van der Waals surface area contributed by atoms with E-state index in [1.54, 1.807) is 18.2 Å². The monoisotopic (exact) mass is 390 g/mol. The zero-order valence-corrected chi connectivity index (χ0v) is 14.7. The topological polar surface area (TPSA) is 76.1 Å². The van der Waals surface area contributed by atoms with Crippen molar-refractivity contribution < 1.29 is 18.3 Å². The van der Waals surface area contributed by atoms with Crippen LogP contribution >= 0.6 is 11.6 Å². The molecule has 6 nitrogen and oxygen atoms in total. The van der Waals surface area contributed by atoms with Crippen LogP contribution in [-0.4, -0.2) is 23.0 Å². The molecule has 0 unspecified atom stereocenters. The molecule has 2 aromatic carbocycles. The van der Waals surface area contributed by atoms with Crippen LogP contribution < -0.4 is 15.4 Å². The summed E-state index contributed by atoms with van der Waals surface area (Å²) in [5.41, 5.74) is -0.147. The average Bonchev–Trinajstić information content (AvgIpc) is 2.65. The van der Waals surface area contributed by atoms with Gasteiger partial charge >= 0.3 is 0 Å².